The highest BCUT2D eigenvalue weighted by atomic mass is 32.2. The molecular weight excluding hydrogens is 326 g/mol. The van der Waals surface area contributed by atoms with Crippen LogP contribution in [0, 0.1) is 0 Å². The molecule has 0 saturated carbocycles. The smallest absolute Gasteiger partial charge is 0.211 e. The molecule has 2 aliphatic rings. The van der Waals surface area contributed by atoms with Crippen molar-refractivity contribution in [1.29, 1.82) is 0 Å². The first-order chi connectivity index (χ1) is 11.4. The van der Waals surface area contributed by atoms with Crippen molar-refractivity contribution in [3.63, 3.8) is 0 Å². The van der Waals surface area contributed by atoms with Crippen LogP contribution in [0.4, 0.5) is 5.69 Å². The van der Waals surface area contributed by atoms with Crippen molar-refractivity contribution in [3.05, 3.63) is 29.8 Å². The van der Waals surface area contributed by atoms with Gasteiger partial charge in [0.1, 0.15) is 0 Å². The van der Waals surface area contributed by atoms with E-state index in [0.29, 0.717) is 6.54 Å². The molecule has 2 fully saturated rings. The van der Waals surface area contributed by atoms with Crippen molar-refractivity contribution in [2.75, 3.05) is 57.1 Å². The van der Waals surface area contributed by atoms with Gasteiger partial charge in [-0.25, -0.2) is 8.42 Å². The standard InChI is InChI=1S/C17H27N3O3S/c1-15-13-18(7-8-20(15)24(2,21)22)14-16-5-3-4-6-17(16)19-9-11-23-12-10-19/h3-6,15H,7-14H2,1-2H3/t15-/m0/s1. The number of hydrogen-bond acceptors (Lipinski definition) is 5. The van der Waals surface area contributed by atoms with Gasteiger partial charge < -0.3 is 9.64 Å². The number of morpholine rings is 1. The van der Waals surface area contributed by atoms with E-state index < -0.39 is 10.0 Å². The van der Waals surface area contributed by atoms with Gasteiger partial charge in [-0.05, 0) is 18.6 Å². The molecule has 1 aromatic rings. The second kappa shape index (κ2) is 7.39. The lowest BCUT2D eigenvalue weighted by Gasteiger charge is -2.39. The SMILES string of the molecule is C[C@H]1CN(Cc2ccccc2N2CCOCC2)CCN1S(C)(=O)=O. The Kier molecular flexibility index (Phi) is 5.44. The molecule has 2 aliphatic heterocycles. The minimum absolute atomic E-state index is 0.0179. The number of nitrogens with zero attached hydrogens (tertiary/aromatic N) is 3. The van der Waals surface area contributed by atoms with E-state index in [1.807, 2.05) is 6.92 Å². The van der Waals surface area contributed by atoms with E-state index >= 15 is 0 Å². The molecule has 2 saturated heterocycles. The van der Waals surface area contributed by atoms with Crippen LogP contribution < -0.4 is 4.90 Å². The summed E-state index contributed by atoms with van der Waals surface area (Å²) < 4.78 is 30.7. The number of rotatable bonds is 4. The molecule has 0 aliphatic carbocycles. The topological polar surface area (TPSA) is 53.1 Å². The number of benzene rings is 1. The van der Waals surface area contributed by atoms with Gasteiger partial charge in [0.15, 0.2) is 0 Å². The summed E-state index contributed by atoms with van der Waals surface area (Å²) in [7, 11) is -3.11. The van der Waals surface area contributed by atoms with Gasteiger partial charge in [0.05, 0.1) is 19.5 Å². The molecule has 0 N–H and O–H groups in total. The first kappa shape index (κ1) is 17.7. The van der Waals surface area contributed by atoms with E-state index in [-0.39, 0.29) is 6.04 Å². The van der Waals surface area contributed by atoms with Gasteiger partial charge in [-0.1, -0.05) is 18.2 Å². The predicted molar refractivity (Wildman–Crippen MR) is 95.8 cm³/mol. The van der Waals surface area contributed by atoms with E-state index in [0.717, 1.165) is 45.9 Å². The van der Waals surface area contributed by atoms with Gasteiger partial charge in [0.25, 0.3) is 0 Å². The summed E-state index contributed by atoms with van der Waals surface area (Å²) in [4.78, 5) is 4.74. The van der Waals surface area contributed by atoms with Crippen LogP contribution >= 0.6 is 0 Å². The van der Waals surface area contributed by atoms with Crippen molar-refractivity contribution < 1.29 is 13.2 Å². The quantitative estimate of drug-likeness (QED) is 0.808. The second-order valence-electron chi connectivity index (χ2n) is 6.69. The molecule has 0 unspecified atom stereocenters. The minimum Gasteiger partial charge on any atom is -0.378 e. The molecule has 7 heteroatoms. The number of piperazine rings is 1. The molecule has 0 bridgehead atoms. The van der Waals surface area contributed by atoms with Gasteiger partial charge in [-0.15, -0.1) is 0 Å². The van der Waals surface area contributed by atoms with Crippen LogP contribution in [0.25, 0.3) is 0 Å². The summed E-state index contributed by atoms with van der Waals surface area (Å²) in [6.07, 6.45) is 1.30. The molecule has 1 atom stereocenters. The molecule has 24 heavy (non-hydrogen) atoms. The Labute approximate surface area is 145 Å². The fourth-order valence-corrected chi connectivity index (χ4v) is 4.78. The Bertz CT molecular complexity index is 659. The fourth-order valence-electron chi connectivity index (χ4n) is 3.65. The van der Waals surface area contributed by atoms with E-state index in [4.69, 9.17) is 4.74 Å². The summed E-state index contributed by atoms with van der Waals surface area (Å²) in [5.41, 5.74) is 2.58. The maximum Gasteiger partial charge on any atom is 0.211 e. The third-order valence-corrected chi connectivity index (χ3v) is 6.21. The van der Waals surface area contributed by atoms with Crippen LogP contribution in [-0.2, 0) is 21.3 Å². The zero-order valence-corrected chi connectivity index (χ0v) is 15.3. The van der Waals surface area contributed by atoms with E-state index in [2.05, 4.69) is 34.1 Å². The van der Waals surface area contributed by atoms with Crippen LogP contribution in [0.3, 0.4) is 0 Å². The van der Waals surface area contributed by atoms with Gasteiger partial charge in [-0.2, -0.15) is 4.31 Å². The van der Waals surface area contributed by atoms with E-state index in [9.17, 15) is 8.42 Å². The average Bonchev–Trinajstić information content (AvgIpc) is 2.55. The number of anilines is 1. The van der Waals surface area contributed by atoms with Crippen molar-refractivity contribution in [2.45, 2.75) is 19.5 Å². The molecular formula is C17H27N3O3S. The van der Waals surface area contributed by atoms with Crippen molar-refractivity contribution in [3.8, 4) is 0 Å². The normalized spacial score (nSPS) is 24.2. The molecule has 2 heterocycles. The molecule has 134 valence electrons. The molecule has 6 nitrogen and oxygen atoms in total. The second-order valence-corrected chi connectivity index (χ2v) is 8.62. The lowest BCUT2D eigenvalue weighted by Crippen LogP contribution is -2.53. The Morgan fingerprint density at radius 3 is 2.50 bits per heavy atom. The van der Waals surface area contributed by atoms with Crippen LogP contribution in [0.1, 0.15) is 12.5 Å². The molecule has 1 aromatic carbocycles. The van der Waals surface area contributed by atoms with Crippen LogP contribution in [0.2, 0.25) is 0 Å². The highest BCUT2D eigenvalue weighted by molar-refractivity contribution is 7.88. The Morgan fingerprint density at radius 2 is 1.83 bits per heavy atom. The van der Waals surface area contributed by atoms with Gasteiger partial charge in [0.2, 0.25) is 10.0 Å². The first-order valence-corrected chi connectivity index (χ1v) is 10.4. The fraction of sp³-hybridized carbons (Fsp3) is 0.647. The summed E-state index contributed by atoms with van der Waals surface area (Å²) in [5.74, 6) is 0. The Balaban J connectivity index is 1.69. The summed E-state index contributed by atoms with van der Waals surface area (Å²) in [6.45, 7) is 8.36. The highest BCUT2D eigenvalue weighted by Crippen LogP contribution is 2.24. The third kappa shape index (κ3) is 4.08. The highest BCUT2D eigenvalue weighted by Gasteiger charge is 2.30. The maximum atomic E-state index is 11.8. The lowest BCUT2D eigenvalue weighted by molar-refractivity contribution is 0.122. The number of ether oxygens (including phenoxy) is 1. The predicted octanol–water partition coefficient (Wildman–Crippen LogP) is 0.989. The summed E-state index contributed by atoms with van der Waals surface area (Å²) in [5, 5.41) is 0. The molecule has 0 amide bonds. The van der Waals surface area contributed by atoms with E-state index in [1.54, 1.807) is 4.31 Å². The first-order valence-electron chi connectivity index (χ1n) is 8.55. The molecule has 3 rings (SSSR count). The van der Waals surface area contributed by atoms with Crippen LogP contribution in [0.15, 0.2) is 24.3 Å². The van der Waals surface area contributed by atoms with Gasteiger partial charge >= 0.3 is 0 Å². The van der Waals surface area contributed by atoms with Crippen molar-refractivity contribution in [2.24, 2.45) is 0 Å². The Morgan fingerprint density at radius 1 is 1.12 bits per heavy atom. The summed E-state index contributed by atoms with van der Waals surface area (Å²) >= 11 is 0. The largest absolute Gasteiger partial charge is 0.378 e. The van der Waals surface area contributed by atoms with Gasteiger partial charge in [0, 0.05) is 51.0 Å². The van der Waals surface area contributed by atoms with Crippen LogP contribution in [0.5, 0.6) is 0 Å². The van der Waals surface area contributed by atoms with Crippen molar-refractivity contribution >= 4 is 15.7 Å². The molecule has 0 radical (unpaired) electrons. The zero-order valence-electron chi connectivity index (χ0n) is 14.5. The monoisotopic (exact) mass is 353 g/mol. The summed E-state index contributed by atoms with van der Waals surface area (Å²) in [6, 6.07) is 8.53. The van der Waals surface area contributed by atoms with E-state index in [1.165, 1.54) is 17.5 Å². The Hall–Kier alpha value is -1.15. The van der Waals surface area contributed by atoms with Crippen LogP contribution in [-0.4, -0.2) is 75.9 Å². The minimum atomic E-state index is -3.11. The number of para-hydroxylation sites is 1. The lowest BCUT2D eigenvalue weighted by atomic mass is 10.1. The zero-order chi connectivity index (χ0) is 17.2. The molecule has 0 spiro atoms. The number of hydrogen-bond donors (Lipinski definition) is 0. The third-order valence-electron chi connectivity index (χ3n) is 4.81. The van der Waals surface area contributed by atoms with Crippen molar-refractivity contribution in [1.82, 2.24) is 9.21 Å². The van der Waals surface area contributed by atoms with Gasteiger partial charge in [-0.3, -0.25) is 4.90 Å². The average molecular weight is 353 g/mol. The molecule has 0 aromatic heterocycles. The maximum absolute atomic E-state index is 11.8. The number of sulfonamides is 1.